The SMILES string of the molecule is COc1cc2c(cc1OC)CN(CC(=O)N[C@@H](C)c1cccc3ccccc13)CC2. The van der Waals surface area contributed by atoms with E-state index in [0.717, 1.165) is 36.6 Å². The number of methoxy groups -OCH3 is 2. The van der Waals surface area contributed by atoms with Gasteiger partial charge in [0.1, 0.15) is 0 Å². The Bertz CT molecular complexity index is 1060. The molecule has 4 rings (SSSR count). The fourth-order valence-electron chi connectivity index (χ4n) is 4.27. The second-order valence-corrected chi connectivity index (χ2v) is 7.79. The highest BCUT2D eigenvalue weighted by Crippen LogP contribution is 2.33. The molecule has 1 N–H and O–H groups in total. The Morgan fingerprint density at radius 1 is 1.03 bits per heavy atom. The van der Waals surface area contributed by atoms with Crippen LogP contribution in [0.5, 0.6) is 11.5 Å². The number of benzene rings is 3. The van der Waals surface area contributed by atoms with E-state index in [4.69, 9.17) is 9.47 Å². The first-order valence-corrected chi connectivity index (χ1v) is 10.3. The first-order chi connectivity index (χ1) is 14.6. The van der Waals surface area contributed by atoms with E-state index in [9.17, 15) is 4.79 Å². The first-order valence-electron chi connectivity index (χ1n) is 10.3. The molecule has 1 amide bonds. The predicted molar refractivity (Wildman–Crippen MR) is 119 cm³/mol. The molecule has 1 aliphatic rings. The summed E-state index contributed by atoms with van der Waals surface area (Å²) in [6.07, 6.45) is 0.891. The molecule has 0 fully saturated rings. The fraction of sp³-hybridized carbons (Fsp3) is 0.320. The van der Waals surface area contributed by atoms with Gasteiger partial charge in [0, 0.05) is 13.1 Å². The van der Waals surface area contributed by atoms with Gasteiger partial charge in [0.25, 0.3) is 0 Å². The van der Waals surface area contributed by atoms with Crippen molar-refractivity contribution in [2.75, 3.05) is 27.3 Å². The number of carbonyl (C=O) groups is 1. The van der Waals surface area contributed by atoms with Crippen molar-refractivity contribution < 1.29 is 14.3 Å². The van der Waals surface area contributed by atoms with Crippen LogP contribution in [0.25, 0.3) is 10.8 Å². The van der Waals surface area contributed by atoms with Crippen molar-refractivity contribution in [3.63, 3.8) is 0 Å². The summed E-state index contributed by atoms with van der Waals surface area (Å²) in [5.74, 6) is 1.53. The topological polar surface area (TPSA) is 50.8 Å². The highest BCUT2D eigenvalue weighted by Gasteiger charge is 2.22. The zero-order valence-electron chi connectivity index (χ0n) is 17.8. The van der Waals surface area contributed by atoms with E-state index in [-0.39, 0.29) is 11.9 Å². The van der Waals surface area contributed by atoms with Crippen LogP contribution in [0.4, 0.5) is 0 Å². The van der Waals surface area contributed by atoms with Crippen LogP contribution in [-0.2, 0) is 17.8 Å². The number of carbonyl (C=O) groups excluding carboxylic acids is 1. The van der Waals surface area contributed by atoms with E-state index in [0.29, 0.717) is 6.54 Å². The van der Waals surface area contributed by atoms with Gasteiger partial charge in [-0.15, -0.1) is 0 Å². The van der Waals surface area contributed by atoms with Crippen LogP contribution in [0.15, 0.2) is 54.6 Å². The molecular formula is C25H28N2O3. The second-order valence-electron chi connectivity index (χ2n) is 7.79. The number of nitrogens with zero attached hydrogens (tertiary/aromatic N) is 1. The van der Waals surface area contributed by atoms with Crippen molar-refractivity contribution in [1.82, 2.24) is 10.2 Å². The number of nitrogens with one attached hydrogen (secondary N) is 1. The van der Waals surface area contributed by atoms with Gasteiger partial charge < -0.3 is 14.8 Å². The van der Waals surface area contributed by atoms with Gasteiger partial charge in [0.15, 0.2) is 11.5 Å². The zero-order valence-corrected chi connectivity index (χ0v) is 17.8. The molecule has 1 heterocycles. The Morgan fingerprint density at radius 2 is 1.73 bits per heavy atom. The number of fused-ring (bicyclic) bond motifs is 2. The van der Waals surface area contributed by atoms with Gasteiger partial charge in [-0.3, -0.25) is 9.69 Å². The molecule has 0 spiro atoms. The van der Waals surface area contributed by atoms with Gasteiger partial charge in [0.05, 0.1) is 26.8 Å². The smallest absolute Gasteiger partial charge is 0.234 e. The Labute approximate surface area is 177 Å². The van der Waals surface area contributed by atoms with Crippen molar-refractivity contribution in [1.29, 1.82) is 0 Å². The maximum absolute atomic E-state index is 12.8. The minimum absolute atomic E-state index is 0.0411. The number of rotatable bonds is 6. The maximum atomic E-state index is 12.8. The Balaban J connectivity index is 1.42. The average molecular weight is 405 g/mol. The monoisotopic (exact) mass is 404 g/mol. The summed E-state index contributed by atoms with van der Waals surface area (Å²) >= 11 is 0. The second kappa shape index (κ2) is 8.76. The van der Waals surface area contributed by atoms with E-state index < -0.39 is 0 Å². The van der Waals surface area contributed by atoms with Crippen LogP contribution in [0.2, 0.25) is 0 Å². The molecule has 0 saturated carbocycles. The Morgan fingerprint density at radius 3 is 2.50 bits per heavy atom. The minimum Gasteiger partial charge on any atom is -0.493 e. The number of ether oxygens (including phenoxy) is 2. The van der Waals surface area contributed by atoms with Gasteiger partial charge >= 0.3 is 0 Å². The van der Waals surface area contributed by atoms with Crippen molar-refractivity contribution in [3.8, 4) is 11.5 Å². The molecule has 5 heteroatoms. The normalized spacial score (nSPS) is 14.8. The third-order valence-corrected chi connectivity index (χ3v) is 5.83. The molecule has 0 aliphatic carbocycles. The minimum atomic E-state index is -0.0509. The van der Waals surface area contributed by atoms with E-state index in [1.54, 1.807) is 14.2 Å². The Kier molecular flexibility index (Phi) is 5.91. The van der Waals surface area contributed by atoms with Crippen molar-refractivity contribution in [2.45, 2.75) is 25.9 Å². The molecule has 1 atom stereocenters. The molecule has 0 unspecified atom stereocenters. The van der Waals surface area contributed by atoms with E-state index >= 15 is 0 Å². The van der Waals surface area contributed by atoms with Gasteiger partial charge in [0.2, 0.25) is 5.91 Å². The van der Waals surface area contributed by atoms with Gasteiger partial charge in [-0.25, -0.2) is 0 Å². The van der Waals surface area contributed by atoms with Crippen LogP contribution >= 0.6 is 0 Å². The standard InChI is InChI=1S/C25H28N2O3/c1-17(21-10-6-8-18-7-4-5-9-22(18)21)26-25(28)16-27-12-11-19-13-23(29-2)24(30-3)14-20(19)15-27/h4-10,13-14,17H,11-12,15-16H2,1-3H3,(H,26,28)/t17-/m0/s1. The molecule has 3 aromatic rings. The van der Waals surface area contributed by atoms with Crippen LogP contribution in [0.1, 0.15) is 29.7 Å². The average Bonchev–Trinajstić information content (AvgIpc) is 2.77. The van der Waals surface area contributed by atoms with Crippen LogP contribution in [0, 0.1) is 0 Å². The summed E-state index contributed by atoms with van der Waals surface area (Å²) in [6, 6.07) is 18.5. The fourth-order valence-corrected chi connectivity index (χ4v) is 4.27. The predicted octanol–water partition coefficient (Wildman–Crippen LogP) is 4.09. The lowest BCUT2D eigenvalue weighted by molar-refractivity contribution is -0.123. The third kappa shape index (κ3) is 4.12. The van der Waals surface area contributed by atoms with Gasteiger partial charge in [-0.2, -0.15) is 0 Å². The number of hydrogen-bond donors (Lipinski definition) is 1. The van der Waals surface area contributed by atoms with Crippen molar-refractivity contribution in [3.05, 3.63) is 71.3 Å². The summed E-state index contributed by atoms with van der Waals surface area (Å²) in [5.41, 5.74) is 3.59. The van der Waals surface area contributed by atoms with Crippen LogP contribution in [-0.4, -0.2) is 38.1 Å². The summed E-state index contributed by atoms with van der Waals surface area (Å²) in [7, 11) is 3.30. The molecule has 5 nitrogen and oxygen atoms in total. The molecule has 0 aromatic heterocycles. The molecule has 30 heavy (non-hydrogen) atoms. The molecule has 156 valence electrons. The van der Waals surface area contributed by atoms with E-state index in [2.05, 4.69) is 34.5 Å². The lowest BCUT2D eigenvalue weighted by Gasteiger charge is -2.29. The third-order valence-electron chi connectivity index (χ3n) is 5.83. The first kappa shape index (κ1) is 20.2. The molecule has 1 aliphatic heterocycles. The van der Waals surface area contributed by atoms with Crippen LogP contribution in [0.3, 0.4) is 0 Å². The zero-order chi connectivity index (χ0) is 21.1. The lowest BCUT2D eigenvalue weighted by atomic mass is 9.98. The molecular weight excluding hydrogens is 376 g/mol. The van der Waals surface area contributed by atoms with Gasteiger partial charge in [-0.05, 0) is 52.9 Å². The van der Waals surface area contributed by atoms with Crippen molar-refractivity contribution >= 4 is 16.7 Å². The van der Waals surface area contributed by atoms with Crippen molar-refractivity contribution in [2.24, 2.45) is 0 Å². The molecule has 0 bridgehead atoms. The molecule has 0 radical (unpaired) electrons. The summed E-state index contributed by atoms with van der Waals surface area (Å²) in [5, 5.41) is 5.54. The summed E-state index contributed by atoms with van der Waals surface area (Å²) in [6.45, 7) is 4.00. The molecule has 0 saturated heterocycles. The maximum Gasteiger partial charge on any atom is 0.234 e. The van der Waals surface area contributed by atoms with Crippen LogP contribution < -0.4 is 14.8 Å². The summed E-state index contributed by atoms with van der Waals surface area (Å²) in [4.78, 5) is 14.9. The highest BCUT2D eigenvalue weighted by molar-refractivity contribution is 5.87. The van der Waals surface area contributed by atoms with E-state index in [1.807, 2.05) is 37.3 Å². The molecule has 3 aromatic carbocycles. The highest BCUT2D eigenvalue weighted by atomic mass is 16.5. The Hall–Kier alpha value is -3.05. The number of amides is 1. The van der Waals surface area contributed by atoms with E-state index in [1.165, 1.54) is 21.9 Å². The number of hydrogen-bond acceptors (Lipinski definition) is 4. The largest absolute Gasteiger partial charge is 0.493 e. The quantitative estimate of drug-likeness (QED) is 0.672. The van der Waals surface area contributed by atoms with Gasteiger partial charge in [-0.1, -0.05) is 42.5 Å². The lowest BCUT2D eigenvalue weighted by Crippen LogP contribution is -2.40. The summed E-state index contributed by atoms with van der Waals surface area (Å²) < 4.78 is 10.8.